The van der Waals surface area contributed by atoms with Gasteiger partial charge in [0.15, 0.2) is 12.4 Å². The predicted molar refractivity (Wildman–Crippen MR) is 93.5 cm³/mol. The average Bonchev–Trinajstić information content (AvgIpc) is 2.99. The van der Waals surface area contributed by atoms with E-state index in [2.05, 4.69) is 20.8 Å². The normalized spacial score (nSPS) is 11.1. The molecule has 2 aromatic rings. The molecule has 0 aliphatic rings. The van der Waals surface area contributed by atoms with E-state index < -0.39 is 17.7 Å². The van der Waals surface area contributed by atoms with Crippen LogP contribution in [0.2, 0.25) is 0 Å². The molecule has 0 radical (unpaired) electrons. The number of amides is 1. The van der Waals surface area contributed by atoms with Gasteiger partial charge in [-0.15, -0.1) is 5.10 Å². The molecule has 0 saturated carbocycles. The Morgan fingerprint density at radius 1 is 1.19 bits per heavy atom. The monoisotopic (exact) mass is 361 g/mol. The Hall–Kier alpha value is -2.97. The van der Waals surface area contributed by atoms with Gasteiger partial charge in [-0.05, 0) is 61.9 Å². The summed E-state index contributed by atoms with van der Waals surface area (Å²) in [5, 5.41) is 13.8. The van der Waals surface area contributed by atoms with E-state index in [0.717, 1.165) is 6.42 Å². The first kappa shape index (κ1) is 19.4. The third kappa shape index (κ3) is 5.83. The first-order valence-corrected chi connectivity index (χ1v) is 8.30. The van der Waals surface area contributed by atoms with Gasteiger partial charge in [0.2, 0.25) is 0 Å². The van der Waals surface area contributed by atoms with Crippen LogP contribution in [0.25, 0.3) is 0 Å². The smallest absolute Gasteiger partial charge is 0.412 e. The largest absolute Gasteiger partial charge is 0.454 e. The Morgan fingerprint density at radius 2 is 1.88 bits per heavy atom. The van der Waals surface area contributed by atoms with Crippen LogP contribution < -0.4 is 5.32 Å². The highest BCUT2D eigenvalue weighted by Crippen LogP contribution is 2.14. The van der Waals surface area contributed by atoms with E-state index in [1.165, 1.54) is 0 Å². The fourth-order valence-corrected chi connectivity index (χ4v) is 2.04. The van der Waals surface area contributed by atoms with Gasteiger partial charge in [0.25, 0.3) is 0 Å². The molecule has 0 aliphatic heterocycles. The molecule has 1 heterocycles. The van der Waals surface area contributed by atoms with E-state index in [4.69, 9.17) is 9.47 Å². The minimum Gasteiger partial charge on any atom is -0.454 e. The minimum atomic E-state index is -0.582. The summed E-state index contributed by atoms with van der Waals surface area (Å²) in [5.41, 5.74) is 0.290. The number of benzene rings is 1. The lowest BCUT2D eigenvalue weighted by Gasteiger charge is -2.19. The number of ether oxygens (including phenoxy) is 2. The number of hydrogen-bond acceptors (Lipinski definition) is 7. The molecule has 1 amide bonds. The summed E-state index contributed by atoms with van der Waals surface area (Å²) in [5.74, 6) is -0.0109. The number of hydrogen-bond donors (Lipinski definition) is 1. The Balaban J connectivity index is 1.90. The lowest BCUT2D eigenvalue weighted by Crippen LogP contribution is -2.27. The van der Waals surface area contributed by atoms with Gasteiger partial charge in [0, 0.05) is 12.2 Å². The van der Waals surface area contributed by atoms with E-state index >= 15 is 0 Å². The van der Waals surface area contributed by atoms with Gasteiger partial charge in [-0.3, -0.25) is 5.32 Å². The third-order valence-corrected chi connectivity index (χ3v) is 3.14. The summed E-state index contributed by atoms with van der Waals surface area (Å²) in [6.07, 6.45) is 0.313. The van der Waals surface area contributed by atoms with Crippen molar-refractivity contribution >= 4 is 17.7 Å². The fraction of sp³-hybridized carbons (Fsp3) is 0.471. The van der Waals surface area contributed by atoms with Crippen LogP contribution in [0.15, 0.2) is 24.3 Å². The molecule has 140 valence electrons. The van der Waals surface area contributed by atoms with Crippen molar-refractivity contribution in [3.63, 3.8) is 0 Å². The standard InChI is InChI=1S/C17H23N5O4/c1-5-10-22-14(19-20-21-22)11-25-15(23)12-6-8-13(9-7-12)18-16(24)26-17(2,3)4/h6-9H,5,10-11H2,1-4H3,(H,18,24). The molecule has 2 rings (SSSR count). The van der Waals surface area contributed by atoms with E-state index in [1.807, 2.05) is 6.92 Å². The fourth-order valence-electron chi connectivity index (χ4n) is 2.04. The second-order valence-corrected chi connectivity index (χ2v) is 6.60. The Morgan fingerprint density at radius 3 is 2.50 bits per heavy atom. The number of esters is 1. The number of rotatable bonds is 6. The van der Waals surface area contributed by atoms with Crippen molar-refractivity contribution in [2.24, 2.45) is 0 Å². The zero-order valence-electron chi connectivity index (χ0n) is 15.4. The van der Waals surface area contributed by atoms with Crippen LogP contribution in [0.5, 0.6) is 0 Å². The summed E-state index contributed by atoms with van der Waals surface area (Å²) in [6.45, 7) is 7.99. The maximum absolute atomic E-state index is 12.1. The van der Waals surface area contributed by atoms with Gasteiger partial charge in [0.1, 0.15) is 5.60 Å². The van der Waals surface area contributed by atoms with Crippen molar-refractivity contribution in [2.45, 2.75) is 52.9 Å². The average molecular weight is 361 g/mol. The van der Waals surface area contributed by atoms with Crippen LogP contribution in [-0.2, 0) is 22.6 Å². The van der Waals surface area contributed by atoms with Crippen molar-refractivity contribution in [3.05, 3.63) is 35.7 Å². The molecule has 26 heavy (non-hydrogen) atoms. The van der Waals surface area contributed by atoms with Crippen molar-refractivity contribution in [1.82, 2.24) is 20.2 Å². The third-order valence-electron chi connectivity index (χ3n) is 3.14. The van der Waals surface area contributed by atoms with Crippen LogP contribution in [0.3, 0.4) is 0 Å². The first-order valence-electron chi connectivity index (χ1n) is 8.30. The van der Waals surface area contributed by atoms with Gasteiger partial charge in [-0.2, -0.15) is 0 Å². The molecule has 1 N–H and O–H groups in total. The number of carbonyl (C=O) groups is 2. The van der Waals surface area contributed by atoms with Crippen LogP contribution in [-0.4, -0.2) is 37.9 Å². The summed E-state index contributed by atoms with van der Waals surface area (Å²) in [7, 11) is 0. The second-order valence-electron chi connectivity index (χ2n) is 6.60. The van der Waals surface area contributed by atoms with Gasteiger partial charge in [-0.25, -0.2) is 14.3 Å². The number of carbonyl (C=O) groups excluding carboxylic acids is 2. The molecule has 9 heteroatoms. The molecule has 9 nitrogen and oxygen atoms in total. The highest BCUT2D eigenvalue weighted by molar-refractivity contribution is 5.91. The number of nitrogens with zero attached hydrogens (tertiary/aromatic N) is 4. The van der Waals surface area contributed by atoms with Gasteiger partial charge in [0.05, 0.1) is 5.56 Å². The van der Waals surface area contributed by atoms with Crippen LogP contribution in [0.4, 0.5) is 10.5 Å². The zero-order chi connectivity index (χ0) is 19.2. The number of anilines is 1. The topological polar surface area (TPSA) is 108 Å². The Bertz CT molecular complexity index is 749. The Labute approximate surface area is 151 Å². The van der Waals surface area contributed by atoms with Crippen molar-refractivity contribution < 1.29 is 19.1 Å². The number of nitrogens with one attached hydrogen (secondary N) is 1. The number of aromatic nitrogens is 4. The molecule has 0 saturated heterocycles. The molecular formula is C17H23N5O4. The quantitative estimate of drug-likeness (QED) is 0.788. The van der Waals surface area contributed by atoms with Crippen LogP contribution in [0.1, 0.15) is 50.3 Å². The summed E-state index contributed by atoms with van der Waals surface area (Å²) >= 11 is 0. The molecule has 0 unspecified atom stereocenters. The molecular weight excluding hydrogens is 338 g/mol. The highest BCUT2D eigenvalue weighted by Gasteiger charge is 2.16. The molecule has 1 aromatic heterocycles. The first-order chi connectivity index (χ1) is 12.3. The second kappa shape index (κ2) is 8.41. The van der Waals surface area contributed by atoms with E-state index in [0.29, 0.717) is 23.6 Å². The van der Waals surface area contributed by atoms with Gasteiger partial charge >= 0.3 is 12.1 Å². The van der Waals surface area contributed by atoms with Crippen molar-refractivity contribution in [1.29, 1.82) is 0 Å². The Kier molecular flexibility index (Phi) is 6.26. The number of tetrazole rings is 1. The van der Waals surface area contributed by atoms with Crippen LogP contribution in [0, 0.1) is 0 Å². The van der Waals surface area contributed by atoms with E-state index in [1.54, 1.807) is 49.7 Å². The maximum Gasteiger partial charge on any atom is 0.412 e. The predicted octanol–water partition coefficient (Wildman–Crippen LogP) is 2.79. The zero-order valence-corrected chi connectivity index (χ0v) is 15.4. The number of aryl methyl sites for hydroxylation is 1. The maximum atomic E-state index is 12.1. The minimum absolute atomic E-state index is 0.0102. The molecule has 0 bridgehead atoms. The van der Waals surface area contributed by atoms with Crippen molar-refractivity contribution in [3.8, 4) is 0 Å². The summed E-state index contributed by atoms with van der Waals surface area (Å²) in [4.78, 5) is 23.8. The lowest BCUT2D eigenvalue weighted by molar-refractivity contribution is 0.0456. The summed E-state index contributed by atoms with van der Waals surface area (Å²) in [6, 6.07) is 6.32. The molecule has 1 aromatic carbocycles. The van der Waals surface area contributed by atoms with E-state index in [9.17, 15) is 9.59 Å². The highest BCUT2D eigenvalue weighted by atomic mass is 16.6. The molecule has 0 aliphatic carbocycles. The van der Waals surface area contributed by atoms with E-state index in [-0.39, 0.29) is 6.61 Å². The SMILES string of the molecule is CCCn1nnnc1COC(=O)c1ccc(NC(=O)OC(C)(C)C)cc1. The summed E-state index contributed by atoms with van der Waals surface area (Å²) < 4.78 is 12.0. The lowest BCUT2D eigenvalue weighted by atomic mass is 10.2. The molecule has 0 fully saturated rings. The molecule has 0 spiro atoms. The van der Waals surface area contributed by atoms with Crippen LogP contribution >= 0.6 is 0 Å². The van der Waals surface area contributed by atoms with Crippen molar-refractivity contribution in [2.75, 3.05) is 5.32 Å². The van der Waals surface area contributed by atoms with Gasteiger partial charge in [-0.1, -0.05) is 6.92 Å². The van der Waals surface area contributed by atoms with Gasteiger partial charge < -0.3 is 9.47 Å². The molecule has 0 atom stereocenters.